The minimum absolute atomic E-state index is 0.352. The molecule has 3 saturated heterocycles. The summed E-state index contributed by atoms with van der Waals surface area (Å²) in [6, 6.07) is 8.63. The number of methoxy groups -OCH3 is 1. The number of piperidine rings is 2. The van der Waals surface area contributed by atoms with Gasteiger partial charge in [-0.1, -0.05) is 24.3 Å². The molecule has 3 aliphatic heterocycles. The number of nitrogens with zero attached hydrogens (tertiary/aromatic N) is 3. The van der Waals surface area contributed by atoms with Crippen LogP contribution < -0.4 is 4.74 Å². The quantitative estimate of drug-likeness (QED) is 0.765. The topological polar surface area (TPSA) is 36.0 Å². The molecule has 1 aromatic carbocycles. The summed E-state index contributed by atoms with van der Waals surface area (Å²) in [5, 5.41) is 0. The molecule has 1 atom stereocenters. The Morgan fingerprint density at radius 1 is 1.14 bits per heavy atom. The lowest BCUT2D eigenvalue weighted by Crippen LogP contribution is -2.54. The predicted octanol–water partition coefficient (Wildman–Crippen LogP) is 3.12. The van der Waals surface area contributed by atoms with Gasteiger partial charge in [0.25, 0.3) is 0 Å². The fraction of sp³-hybridized carbons (Fsp3) is 0.625. The minimum atomic E-state index is 0.352. The SMILES string of the molecule is COc1ccc(/C=C/CN2CCC3(CCC(=O)N([C@@H]4CCN(C)C4)C3)CC2)cc1. The zero-order valence-electron chi connectivity index (χ0n) is 18.0. The summed E-state index contributed by atoms with van der Waals surface area (Å²) in [5.74, 6) is 1.29. The number of rotatable bonds is 5. The molecule has 158 valence electrons. The molecule has 1 aromatic rings. The molecule has 0 aromatic heterocycles. The van der Waals surface area contributed by atoms with E-state index < -0.39 is 0 Å². The van der Waals surface area contributed by atoms with Gasteiger partial charge >= 0.3 is 0 Å². The standard InChI is InChI=1S/C24H35N3O2/c1-25-15-10-21(18-25)27-19-24(11-9-23(27)28)12-16-26(17-13-24)14-3-4-20-5-7-22(29-2)8-6-20/h3-8,21H,9-19H2,1-2H3/b4-3+/t21-/m1/s1. The van der Waals surface area contributed by atoms with Crippen molar-refractivity contribution >= 4 is 12.0 Å². The molecule has 3 fully saturated rings. The molecule has 3 aliphatic rings. The van der Waals surface area contributed by atoms with E-state index in [4.69, 9.17) is 4.74 Å². The second kappa shape index (κ2) is 8.88. The van der Waals surface area contributed by atoms with Crippen LogP contribution in [0, 0.1) is 5.41 Å². The van der Waals surface area contributed by atoms with Gasteiger partial charge < -0.3 is 14.5 Å². The molecule has 29 heavy (non-hydrogen) atoms. The van der Waals surface area contributed by atoms with Gasteiger partial charge in [-0.2, -0.15) is 0 Å². The number of likely N-dealkylation sites (tertiary alicyclic amines) is 3. The van der Waals surface area contributed by atoms with Gasteiger partial charge in [-0.25, -0.2) is 0 Å². The summed E-state index contributed by atoms with van der Waals surface area (Å²) in [7, 11) is 3.86. The molecular formula is C24H35N3O2. The molecular weight excluding hydrogens is 362 g/mol. The fourth-order valence-corrected chi connectivity index (χ4v) is 5.21. The lowest BCUT2D eigenvalue weighted by molar-refractivity contribution is -0.141. The van der Waals surface area contributed by atoms with E-state index in [1.807, 2.05) is 12.1 Å². The number of amides is 1. The molecule has 0 unspecified atom stereocenters. The average Bonchev–Trinajstić information content (AvgIpc) is 3.18. The van der Waals surface area contributed by atoms with Crippen molar-refractivity contribution < 1.29 is 9.53 Å². The second-order valence-electron chi connectivity index (χ2n) is 9.20. The van der Waals surface area contributed by atoms with E-state index in [0.29, 0.717) is 17.4 Å². The summed E-state index contributed by atoms with van der Waals surface area (Å²) >= 11 is 0. The van der Waals surface area contributed by atoms with Crippen LogP contribution in [0.1, 0.15) is 37.7 Å². The third kappa shape index (κ3) is 4.84. The summed E-state index contributed by atoms with van der Waals surface area (Å²) < 4.78 is 5.22. The molecule has 4 rings (SSSR count). The number of ether oxygens (including phenoxy) is 1. The van der Waals surface area contributed by atoms with Crippen LogP contribution in [0.15, 0.2) is 30.3 Å². The third-order valence-corrected chi connectivity index (χ3v) is 7.21. The van der Waals surface area contributed by atoms with E-state index in [1.54, 1.807) is 7.11 Å². The van der Waals surface area contributed by atoms with Crippen LogP contribution in [-0.2, 0) is 4.79 Å². The maximum absolute atomic E-state index is 12.6. The third-order valence-electron chi connectivity index (χ3n) is 7.21. The van der Waals surface area contributed by atoms with Crippen LogP contribution in [-0.4, -0.2) is 80.1 Å². The second-order valence-corrected chi connectivity index (χ2v) is 9.20. The summed E-state index contributed by atoms with van der Waals surface area (Å²) in [5.41, 5.74) is 1.56. The monoisotopic (exact) mass is 397 g/mol. The minimum Gasteiger partial charge on any atom is -0.497 e. The average molecular weight is 398 g/mol. The highest BCUT2D eigenvalue weighted by Crippen LogP contribution is 2.41. The normalized spacial score (nSPS) is 25.9. The zero-order chi connectivity index (χ0) is 20.3. The molecule has 1 spiro atoms. The molecule has 1 amide bonds. The van der Waals surface area contributed by atoms with Crippen LogP contribution in [0.5, 0.6) is 5.75 Å². The molecule has 0 radical (unpaired) electrons. The van der Waals surface area contributed by atoms with E-state index in [2.05, 4.69) is 46.0 Å². The van der Waals surface area contributed by atoms with Gasteiger partial charge in [0.2, 0.25) is 5.91 Å². The number of hydrogen-bond donors (Lipinski definition) is 0. The van der Waals surface area contributed by atoms with Gasteiger partial charge in [-0.05, 0) is 75.5 Å². The number of benzene rings is 1. The first kappa shape index (κ1) is 20.4. The largest absolute Gasteiger partial charge is 0.497 e. The number of carbonyl (C=O) groups excluding carboxylic acids is 1. The van der Waals surface area contributed by atoms with Gasteiger partial charge in [0.1, 0.15) is 5.75 Å². The van der Waals surface area contributed by atoms with Gasteiger partial charge in [0, 0.05) is 32.1 Å². The van der Waals surface area contributed by atoms with Gasteiger partial charge in [0.15, 0.2) is 0 Å². The van der Waals surface area contributed by atoms with Crippen molar-refractivity contribution in [3.8, 4) is 5.75 Å². The Balaban J connectivity index is 1.28. The summed E-state index contributed by atoms with van der Waals surface area (Å²) in [6.45, 7) is 6.43. The summed E-state index contributed by atoms with van der Waals surface area (Å²) in [4.78, 5) is 19.7. The molecule has 0 bridgehead atoms. The van der Waals surface area contributed by atoms with Crippen LogP contribution in [0.4, 0.5) is 0 Å². The van der Waals surface area contributed by atoms with Crippen LogP contribution in [0.3, 0.4) is 0 Å². The van der Waals surface area contributed by atoms with Gasteiger partial charge in [-0.15, -0.1) is 0 Å². The Hall–Kier alpha value is -1.85. The Morgan fingerprint density at radius 2 is 1.90 bits per heavy atom. The highest BCUT2D eigenvalue weighted by Gasteiger charge is 2.43. The maximum atomic E-state index is 12.6. The van der Waals surface area contributed by atoms with Crippen molar-refractivity contribution in [2.45, 2.75) is 38.1 Å². The number of carbonyl (C=O) groups is 1. The van der Waals surface area contributed by atoms with Crippen molar-refractivity contribution in [1.29, 1.82) is 0 Å². The van der Waals surface area contributed by atoms with E-state index in [-0.39, 0.29) is 0 Å². The highest BCUT2D eigenvalue weighted by atomic mass is 16.5. The van der Waals surface area contributed by atoms with E-state index >= 15 is 0 Å². The van der Waals surface area contributed by atoms with Crippen molar-refractivity contribution in [3.05, 3.63) is 35.9 Å². The maximum Gasteiger partial charge on any atom is 0.222 e. The van der Waals surface area contributed by atoms with E-state index in [1.165, 1.54) is 18.4 Å². The molecule has 5 heteroatoms. The summed E-state index contributed by atoms with van der Waals surface area (Å²) in [6.07, 6.45) is 9.87. The fourth-order valence-electron chi connectivity index (χ4n) is 5.21. The molecule has 0 saturated carbocycles. The first-order valence-electron chi connectivity index (χ1n) is 11.1. The van der Waals surface area contributed by atoms with Crippen molar-refractivity contribution in [2.24, 2.45) is 5.41 Å². The van der Waals surface area contributed by atoms with Crippen LogP contribution >= 0.6 is 0 Å². The van der Waals surface area contributed by atoms with Crippen molar-refractivity contribution in [2.75, 3.05) is 53.4 Å². The number of hydrogen-bond acceptors (Lipinski definition) is 4. The van der Waals surface area contributed by atoms with Gasteiger partial charge in [-0.3, -0.25) is 9.69 Å². The van der Waals surface area contributed by atoms with Gasteiger partial charge in [0.05, 0.1) is 7.11 Å². The zero-order valence-corrected chi connectivity index (χ0v) is 18.0. The van der Waals surface area contributed by atoms with E-state index in [9.17, 15) is 4.79 Å². The van der Waals surface area contributed by atoms with Crippen LogP contribution in [0.25, 0.3) is 6.08 Å². The Kier molecular flexibility index (Phi) is 6.26. The van der Waals surface area contributed by atoms with Crippen molar-refractivity contribution in [3.63, 3.8) is 0 Å². The lowest BCUT2D eigenvalue weighted by Gasteiger charge is -2.49. The van der Waals surface area contributed by atoms with Crippen molar-refractivity contribution in [1.82, 2.24) is 14.7 Å². The Labute approximate surface area is 175 Å². The predicted molar refractivity (Wildman–Crippen MR) is 117 cm³/mol. The first-order valence-corrected chi connectivity index (χ1v) is 11.1. The molecule has 3 heterocycles. The first-order chi connectivity index (χ1) is 14.1. The molecule has 0 aliphatic carbocycles. The lowest BCUT2D eigenvalue weighted by atomic mass is 9.72. The Bertz CT molecular complexity index is 722. The number of likely N-dealkylation sites (N-methyl/N-ethyl adjacent to an activating group) is 1. The Morgan fingerprint density at radius 3 is 2.55 bits per heavy atom. The highest BCUT2D eigenvalue weighted by molar-refractivity contribution is 5.77. The molecule has 5 nitrogen and oxygen atoms in total. The van der Waals surface area contributed by atoms with Crippen LogP contribution in [0.2, 0.25) is 0 Å². The smallest absolute Gasteiger partial charge is 0.222 e. The molecule has 0 N–H and O–H groups in total. The van der Waals surface area contributed by atoms with E-state index in [0.717, 1.165) is 64.3 Å².